The Morgan fingerprint density at radius 2 is 1.94 bits per heavy atom. The molecule has 1 N–H and O–H groups in total. The van der Waals surface area contributed by atoms with Gasteiger partial charge in [-0.3, -0.25) is 9.69 Å². The van der Waals surface area contributed by atoms with Crippen molar-refractivity contribution in [3.05, 3.63) is 46.3 Å². The van der Waals surface area contributed by atoms with Crippen LogP contribution in [0.3, 0.4) is 0 Å². The summed E-state index contributed by atoms with van der Waals surface area (Å²) in [5.74, 6) is 0.437. The lowest BCUT2D eigenvalue weighted by Gasteiger charge is -2.33. The number of fused-ring (bicyclic) bond motifs is 1. The Hall–Kier alpha value is -2.25. The standard InChI is InChI=1S/C22H26N4O3S2/c1-16-7-8-18-19(14-23)22(30-20(18)13-16)24-21(27)15-25-9-11-26(12-10-25)31(28,29)17-5-3-2-4-6-17/h2-6,16H,7-13,15H2,1H3,(H,24,27)/t16-/m1/s1. The molecule has 1 aliphatic carbocycles. The lowest BCUT2D eigenvalue weighted by atomic mass is 9.89. The van der Waals surface area contributed by atoms with Gasteiger partial charge in [-0.2, -0.15) is 9.57 Å². The maximum absolute atomic E-state index is 12.7. The van der Waals surface area contributed by atoms with E-state index < -0.39 is 10.0 Å². The highest BCUT2D eigenvalue weighted by Crippen LogP contribution is 2.39. The second kappa shape index (κ2) is 9.09. The number of benzene rings is 1. The molecular weight excluding hydrogens is 432 g/mol. The number of rotatable bonds is 5. The van der Waals surface area contributed by atoms with Crippen LogP contribution in [0.2, 0.25) is 0 Å². The van der Waals surface area contributed by atoms with E-state index in [1.165, 1.54) is 20.5 Å². The molecule has 9 heteroatoms. The molecule has 1 aliphatic heterocycles. The van der Waals surface area contributed by atoms with E-state index in [0.717, 1.165) is 24.8 Å². The Bertz CT molecular complexity index is 1100. The number of sulfonamides is 1. The van der Waals surface area contributed by atoms with Crippen LogP contribution in [0.1, 0.15) is 29.3 Å². The van der Waals surface area contributed by atoms with E-state index in [0.29, 0.717) is 47.6 Å². The Morgan fingerprint density at radius 3 is 2.61 bits per heavy atom. The molecule has 1 fully saturated rings. The number of hydrogen-bond donors (Lipinski definition) is 1. The fraction of sp³-hybridized carbons (Fsp3) is 0.455. The Kier molecular flexibility index (Phi) is 6.44. The zero-order chi connectivity index (χ0) is 22.0. The molecule has 2 heterocycles. The number of anilines is 1. The Balaban J connectivity index is 1.35. The van der Waals surface area contributed by atoms with Gasteiger partial charge in [-0.05, 0) is 42.9 Å². The summed E-state index contributed by atoms with van der Waals surface area (Å²) in [6.07, 6.45) is 2.92. The number of amides is 1. The Morgan fingerprint density at radius 1 is 1.23 bits per heavy atom. The van der Waals surface area contributed by atoms with Crippen LogP contribution < -0.4 is 5.32 Å². The lowest BCUT2D eigenvalue weighted by molar-refractivity contribution is -0.117. The molecule has 1 aromatic heterocycles. The van der Waals surface area contributed by atoms with E-state index in [4.69, 9.17) is 0 Å². The van der Waals surface area contributed by atoms with Crippen molar-refractivity contribution in [2.24, 2.45) is 5.92 Å². The molecule has 31 heavy (non-hydrogen) atoms. The van der Waals surface area contributed by atoms with Crippen molar-refractivity contribution in [1.29, 1.82) is 5.26 Å². The van der Waals surface area contributed by atoms with Crippen molar-refractivity contribution >= 4 is 32.3 Å². The van der Waals surface area contributed by atoms with Gasteiger partial charge in [0.25, 0.3) is 0 Å². The molecule has 7 nitrogen and oxygen atoms in total. The van der Waals surface area contributed by atoms with Crippen molar-refractivity contribution in [1.82, 2.24) is 9.21 Å². The number of nitrogens with zero attached hydrogens (tertiary/aromatic N) is 3. The van der Waals surface area contributed by atoms with Gasteiger partial charge < -0.3 is 5.32 Å². The van der Waals surface area contributed by atoms with E-state index >= 15 is 0 Å². The highest BCUT2D eigenvalue weighted by atomic mass is 32.2. The molecule has 1 amide bonds. The van der Waals surface area contributed by atoms with Crippen molar-refractivity contribution in [3.8, 4) is 6.07 Å². The van der Waals surface area contributed by atoms with Gasteiger partial charge in [0.2, 0.25) is 15.9 Å². The summed E-state index contributed by atoms with van der Waals surface area (Å²) in [5.41, 5.74) is 1.71. The highest BCUT2D eigenvalue weighted by molar-refractivity contribution is 7.89. The summed E-state index contributed by atoms with van der Waals surface area (Å²) in [6, 6.07) is 10.7. The first-order valence-electron chi connectivity index (χ1n) is 10.5. The number of nitrogens with one attached hydrogen (secondary N) is 1. The van der Waals surface area contributed by atoms with E-state index in [1.807, 2.05) is 4.90 Å². The largest absolute Gasteiger partial charge is 0.315 e. The third kappa shape index (κ3) is 4.67. The first kappa shape index (κ1) is 22.0. The van der Waals surface area contributed by atoms with E-state index in [2.05, 4.69) is 18.3 Å². The SMILES string of the molecule is C[C@@H]1CCc2c(sc(NC(=O)CN3CCN(S(=O)(=O)c4ccccc4)CC3)c2C#N)C1. The lowest BCUT2D eigenvalue weighted by Crippen LogP contribution is -2.50. The zero-order valence-corrected chi connectivity index (χ0v) is 19.1. The first-order chi connectivity index (χ1) is 14.9. The summed E-state index contributed by atoms with van der Waals surface area (Å²) >= 11 is 1.52. The fourth-order valence-electron chi connectivity index (χ4n) is 4.20. The molecular formula is C22H26N4O3S2. The van der Waals surface area contributed by atoms with Crippen LogP contribution in [0.5, 0.6) is 0 Å². The van der Waals surface area contributed by atoms with Crippen LogP contribution in [-0.2, 0) is 27.7 Å². The van der Waals surface area contributed by atoms with Gasteiger partial charge in [-0.15, -0.1) is 11.3 Å². The first-order valence-corrected chi connectivity index (χ1v) is 12.8. The minimum atomic E-state index is -3.51. The molecule has 1 atom stereocenters. The highest BCUT2D eigenvalue weighted by Gasteiger charge is 2.29. The van der Waals surface area contributed by atoms with Crippen LogP contribution in [0, 0.1) is 17.2 Å². The minimum Gasteiger partial charge on any atom is -0.315 e. The van der Waals surface area contributed by atoms with Crippen LogP contribution in [0.4, 0.5) is 5.00 Å². The molecule has 0 unspecified atom stereocenters. The summed E-state index contributed by atoms with van der Waals surface area (Å²) in [5, 5.41) is 13.2. The van der Waals surface area contributed by atoms with E-state index in [1.54, 1.807) is 30.3 Å². The number of carbonyl (C=O) groups excluding carboxylic acids is 1. The second-order valence-electron chi connectivity index (χ2n) is 8.21. The van der Waals surface area contributed by atoms with Gasteiger partial charge in [0.15, 0.2) is 0 Å². The molecule has 1 aromatic carbocycles. The van der Waals surface area contributed by atoms with Crippen LogP contribution in [0.25, 0.3) is 0 Å². The molecule has 2 aliphatic rings. The number of piperazine rings is 1. The average molecular weight is 459 g/mol. The summed E-state index contributed by atoms with van der Waals surface area (Å²) in [4.78, 5) is 16.1. The van der Waals surface area contributed by atoms with Gasteiger partial charge in [0, 0.05) is 31.1 Å². The fourth-order valence-corrected chi connectivity index (χ4v) is 7.02. The summed E-state index contributed by atoms with van der Waals surface area (Å²) < 4.78 is 27.0. The summed E-state index contributed by atoms with van der Waals surface area (Å²) in [7, 11) is -3.51. The summed E-state index contributed by atoms with van der Waals surface area (Å²) in [6.45, 7) is 4.07. The maximum Gasteiger partial charge on any atom is 0.243 e. The van der Waals surface area contributed by atoms with Gasteiger partial charge >= 0.3 is 0 Å². The average Bonchev–Trinajstić information content (AvgIpc) is 3.10. The normalized spacial score (nSPS) is 20.1. The van der Waals surface area contributed by atoms with Crippen molar-refractivity contribution in [2.75, 3.05) is 38.0 Å². The maximum atomic E-state index is 12.7. The smallest absolute Gasteiger partial charge is 0.243 e. The third-order valence-corrected chi connectivity index (χ3v) is 9.04. The number of thiophene rings is 1. The molecule has 0 spiro atoms. The second-order valence-corrected chi connectivity index (χ2v) is 11.3. The molecule has 1 saturated heterocycles. The topological polar surface area (TPSA) is 93.5 Å². The van der Waals surface area contributed by atoms with Crippen molar-refractivity contribution in [2.45, 2.75) is 31.1 Å². The van der Waals surface area contributed by atoms with Gasteiger partial charge in [0.05, 0.1) is 17.0 Å². The van der Waals surface area contributed by atoms with Crippen molar-refractivity contribution in [3.63, 3.8) is 0 Å². The Labute approximate surface area is 187 Å². The quantitative estimate of drug-likeness (QED) is 0.744. The van der Waals surface area contributed by atoms with Crippen LogP contribution >= 0.6 is 11.3 Å². The third-order valence-electron chi connectivity index (χ3n) is 5.96. The van der Waals surface area contributed by atoms with Gasteiger partial charge in [0.1, 0.15) is 11.1 Å². The van der Waals surface area contributed by atoms with Crippen molar-refractivity contribution < 1.29 is 13.2 Å². The molecule has 2 aromatic rings. The van der Waals surface area contributed by atoms with Gasteiger partial charge in [-0.25, -0.2) is 8.42 Å². The molecule has 0 saturated carbocycles. The van der Waals surface area contributed by atoms with E-state index in [-0.39, 0.29) is 12.5 Å². The van der Waals surface area contributed by atoms with E-state index in [9.17, 15) is 18.5 Å². The van der Waals surface area contributed by atoms with Gasteiger partial charge in [-0.1, -0.05) is 25.1 Å². The predicted octanol–water partition coefficient (Wildman–Crippen LogP) is 2.69. The van der Waals surface area contributed by atoms with Crippen LogP contribution in [0.15, 0.2) is 35.2 Å². The molecule has 164 valence electrons. The predicted molar refractivity (Wildman–Crippen MR) is 120 cm³/mol. The number of hydrogen-bond acceptors (Lipinski definition) is 6. The number of carbonyl (C=O) groups is 1. The molecule has 0 radical (unpaired) electrons. The monoisotopic (exact) mass is 458 g/mol. The molecule has 0 bridgehead atoms. The molecule has 4 rings (SSSR count). The van der Waals surface area contributed by atoms with Crippen LogP contribution in [-0.4, -0.2) is 56.3 Å². The minimum absolute atomic E-state index is 0.164. The number of nitriles is 1. The zero-order valence-electron chi connectivity index (χ0n) is 17.5.